The van der Waals surface area contributed by atoms with E-state index in [9.17, 15) is 9.59 Å². The highest BCUT2D eigenvalue weighted by Gasteiger charge is 2.40. The maximum atomic E-state index is 13.5. The number of nitrogens with zero attached hydrogens (tertiary/aromatic N) is 4. The van der Waals surface area contributed by atoms with Crippen LogP contribution in [0.1, 0.15) is 135 Å². The van der Waals surface area contributed by atoms with Gasteiger partial charge >= 0.3 is 0 Å². The van der Waals surface area contributed by atoms with E-state index in [1.807, 2.05) is 43.1 Å². The third kappa shape index (κ3) is 8.11. The Morgan fingerprint density at radius 2 is 1.65 bits per heavy atom. The Kier molecular flexibility index (Phi) is 12.5. The number of allylic oxidation sites excluding steroid dienone is 9. The van der Waals surface area contributed by atoms with Crippen LogP contribution < -0.4 is 11.1 Å². The molecule has 2 aromatic heterocycles. The molecular weight excluding hydrogens is 713 g/mol. The van der Waals surface area contributed by atoms with Crippen molar-refractivity contribution in [2.45, 2.75) is 137 Å². The summed E-state index contributed by atoms with van der Waals surface area (Å²) in [7, 11) is 1.87. The van der Waals surface area contributed by atoms with Gasteiger partial charge in [0.15, 0.2) is 0 Å². The van der Waals surface area contributed by atoms with Gasteiger partial charge < -0.3 is 35.6 Å². The second-order valence-electron chi connectivity index (χ2n) is 17.6. The van der Waals surface area contributed by atoms with E-state index in [-0.39, 0.29) is 47.9 Å². The van der Waals surface area contributed by atoms with Crippen molar-refractivity contribution in [1.82, 2.24) is 35.1 Å². The molecule has 2 bridgehead atoms. The van der Waals surface area contributed by atoms with Crippen LogP contribution in [0.5, 0.6) is 0 Å². The fourth-order valence-corrected chi connectivity index (χ4v) is 10.1. The van der Waals surface area contributed by atoms with Gasteiger partial charge in [-0.2, -0.15) is 0 Å². The van der Waals surface area contributed by atoms with Gasteiger partial charge in [0.05, 0.1) is 36.1 Å². The summed E-state index contributed by atoms with van der Waals surface area (Å²) in [6, 6.07) is -0.802. The molecule has 11 heteroatoms. The Labute approximate surface area is 339 Å². The minimum atomic E-state index is -0.504. The van der Waals surface area contributed by atoms with Gasteiger partial charge in [-0.25, -0.2) is 9.97 Å². The van der Waals surface area contributed by atoms with Gasteiger partial charge in [-0.1, -0.05) is 59.8 Å². The minimum Gasteiger partial charge on any atom is -0.490 e. The van der Waals surface area contributed by atoms with Gasteiger partial charge in [0.25, 0.3) is 0 Å². The molecule has 7 atom stereocenters. The van der Waals surface area contributed by atoms with Crippen LogP contribution in [0.25, 0.3) is 5.57 Å². The second-order valence-corrected chi connectivity index (χ2v) is 17.6. The molecule has 2 aliphatic carbocycles. The van der Waals surface area contributed by atoms with Crippen LogP contribution in [0, 0.1) is 23.7 Å². The molecule has 0 radical (unpaired) electrons. The molecule has 0 spiro atoms. The standard InChI is InChI=1S/C46H66N8O3/c1-9-33-28(7)35-22-31(21-29(33)15-17-32-24-49-43(51-32)37-13-12-20-54(37)46(56)42(48-8)27(5)6)34-18-16-30(23-40(34)57-39(35)10-2)36-25-50-44(52-36)38-14-11-19-53(38)45(55)41(47)26(3)4/h9,15,21,23-28,35,37-39,41-42,48H,10-14,16-20,22,47H2,1-8H3,(H,49,51)(H,50,52). The number of ether oxygens (including phenoxy) is 1. The molecule has 7 unspecified atom stereocenters. The van der Waals surface area contributed by atoms with Crippen molar-refractivity contribution in [1.29, 1.82) is 0 Å². The van der Waals surface area contributed by atoms with Gasteiger partial charge in [-0.05, 0) is 117 Å². The largest absolute Gasteiger partial charge is 0.490 e. The number of fused-ring (bicyclic) bond motifs is 3. The summed E-state index contributed by atoms with van der Waals surface area (Å²) in [5.41, 5.74) is 14.9. The number of likely N-dealkylation sites (N-methyl/N-ethyl adjacent to an activating group) is 1. The van der Waals surface area contributed by atoms with E-state index in [0.29, 0.717) is 18.4 Å². The first kappa shape index (κ1) is 41.0. The first-order valence-corrected chi connectivity index (χ1v) is 21.7. The summed E-state index contributed by atoms with van der Waals surface area (Å²) in [5.74, 6) is 3.84. The number of hydrogen-bond acceptors (Lipinski definition) is 7. The average molecular weight is 779 g/mol. The Balaban J connectivity index is 1.14. The van der Waals surface area contributed by atoms with Gasteiger partial charge in [0.1, 0.15) is 23.5 Å². The predicted molar refractivity (Wildman–Crippen MR) is 225 cm³/mol. The summed E-state index contributed by atoms with van der Waals surface area (Å²) in [5, 5.41) is 3.23. The maximum absolute atomic E-state index is 13.5. The Morgan fingerprint density at radius 3 is 2.30 bits per heavy atom. The quantitative estimate of drug-likeness (QED) is 0.184. The Morgan fingerprint density at radius 1 is 0.965 bits per heavy atom. The molecule has 57 heavy (non-hydrogen) atoms. The van der Waals surface area contributed by atoms with Crippen LogP contribution in [-0.4, -0.2) is 79.9 Å². The molecule has 2 aromatic rings. The first-order chi connectivity index (χ1) is 27.4. The van der Waals surface area contributed by atoms with Crippen molar-refractivity contribution < 1.29 is 14.3 Å². The fraction of sp³-hybridized carbons (Fsp3) is 0.609. The maximum Gasteiger partial charge on any atom is 0.240 e. The number of hydrogen-bond donors (Lipinski definition) is 4. The summed E-state index contributed by atoms with van der Waals surface area (Å²) in [4.78, 5) is 47.6. The smallest absolute Gasteiger partial charge is 0.240 e. The van der Waals surface area contributed by atoms with E-state index < -0.39 is 6.04 Å². The van der Waals surface area contributed by atoms with Crippen molar-refractivity contribution in [2.75, 3.05) is 20.1 Å². The van der Waals surface area contributed by atoms with Crippen LogP contribution in [0.15, 0.2) is 64.7 Å². The number of aromatic nitrogens is 4. The molecule has 308 valence electrons. The highest BCUT2D eigenvalue weighted by atomic mass is 16.5. The van der Waals surface area contributed by atoms with Crippen LogP contribution in [0.2, 0.25) is 0 Å². The minimum absolute atomic E-state index is 0.0108. The number of carbonyl (C=O) groups is 2. The molecule has 5 heterocycles. The van der Waals surface area contributed by atoms with E-state index in [0.717, 1.165) is 93.1 Å². The van der Waals surface area contributed by atoms with Gasteiger partial charge in [-0.15, -0.1) is 0 Å². The third-order valence-electron chi connectivity index (χ3n) is 13.4. The molecule has 2 saturated heterocycles. The fourth-order valence-electron chi connectivity index (χ4n) is 10.1. The summed E-state index contributed by atoms with van der Waals surface area (Å²) in [6.07, 6.45) is 21.5. The predicted octanol–water partition coefficient (Wildman–Crippen LogP) is 7.63. The molecule has 5 aliphatic rings. The van der Waals surface area contributed by atoms with Crippen molar-refractivity contribution in [3.63, 3.8) is 0 Å². The molecule has 7 rings (SSSR count). The summed E-state index contributed by atoms with van der Waals surface area (Å²) >= 11 is 0. The molecule has 11 nitrogen and oxygen atoms in total. The Bertz CT molecular complexity index is 1960. The number of H-pyrrole nitrogens is 2. The molecule has 0 aromatic carbocycles. The lowest BCUT2D eigenvalue weighted by molar-refractivity contribution is -0.136. The second kappa shape index (κ2) is 17.3. The van der Waals surface area contributed by atoms with E-state index in [4.69, 9.17) is 20.4 Å². The zero-order valence-corrected chi connectivity index (χ0v) is 35.5. The zero-order chi connectivity index (χ0) is 40.5. The zero-order valence-electron chi connectivity index (χ0n) is 35.5. The number of nitrogens with one attached hydrogen (secondary N) is 3. The van der Waals surface area contributed by atoms with Gasteiger partial charge in [-0.3, -0.25) is 9.59 Å². The molecule has 0 saturated carbocycles. The Hall–Kier alpha value is -4.22. The van der Waals surface area contributed by atoms with Crippen LogP contribution >= 0.6 is 0 Å². The van der Waals surface area contributed by atoms with E-state index in [1.54, 1.807) is 0 Å². The van der Waals surface area contributed by atoms with E-state index in [2.05, 4.69) is 74.2 Å². The first-order valence-electron chi connectivity index (χ1n) is 21.7. The van der Waals surface area contributed by atoms with Crippen molar-refractivity contribution >= 4 is 17.4 Å². The van der Waals surface area contributed by atoms with Crippen LogP contribution in [0.4, 0.5) is 0 Å². The molecule has 2 fully saturated rings. The van der Waals surface area contributed by atoms with Crippen molar-refractivity contribution in [3.05, 3.63) is 87.8 Å². The molecule has 5 N–H and O–H groups in total. The van der Waals surface area contributed by atoms with Crippen molar-refractivity contribution in [3.8, 4) is 0 Å². The lowest BCUT2D eigenvalue weighted by Crippen LogP contribution is -2.47. The van der Waals surface area contributed by atoms with Gasteiger partial charge in [0, 0.05) is 37.3 Å². The summed E-state index contributed by atoms with van der Waals surface area (Å²) in [6.45, 7) is 16.4. The molecular formula is C46H66N8O3. The normalized spacial score (nSPS) is 27.7. The lowest BCUT2D eigenvalue weighted by Gasteiger charge is -2.31. The number of imidazole rings is 2. The number of amides is 2. The topological polar surface area (TPSA) is 145 Å². The SMILES string of the molecule is CC=C1C(=CCc2cnc(C3CCCN3C(=O)C(NC)C(C)C)[nH]2)C=C2CC(C(CC)OC3=C2CCC(c2cnc(C4CCCN4C(=O)C(N)C(C)C)[nH]2)=C3)C1C. The number of rotatable bonds is 11. The highest BCUT2D eigenvalue weighted by Crippen LogP contribution is 2.48. The average Bonchev–Trinajstić information content (AvgIpc) is 4.02. The number of aromatic amines is 2. The summed E-state index contributed by atoms with van der Waals surface area (Å²) < 4.78 is 7.00. The van der Waals surface area contributed by atoms with Crippen molar-refractivity contribution in [2.24, 2.45) is 29.4 Å². The number of carbonyl (C=O) groups excluding carboxylic acids is 2. The lowest BCUT2D eigenvalue weighted by atomic mass is 9.78. The third-order valence-corrected chi connectivity index (χ3v) is 13.4. The number of likely N-dealkylation sites (tertiary alicyclic amines) is 2. The molecule has 2 amide bonds. The number of nitrogens with two attached hydrogens (primary N) is 1. The van der Waals surface area contributed by atoms with Crippen LogP contribution in [-0.2, 0) is 20.7 Å². The monoisotopic (exact) mass is 779 g/mol. The van der Waals surface area contributed by atoms with E-state index >= 15 is 0 Å². The molecule has 3 aliphatic heterocycles. The van der Waals surface area contributed by atoms with Crippen LogP contribution in [0.3, 0.4) is 0 Å². The van der Waals surface area contributed by atoms with Gasteiger partial charge in [0.2, 0.25) is 11.8 Å². The highest BCUT2D eigenvalue weighted by molar-refractivity contribution is 5.83. The van der Waals surface area contributed by atoms with E-state index in [1.165, 1.54) is 27.9 Å².